The fraction of sp³-hybridized carbons (Fsp3) is 0.154. The van der Waals surface area contributed by atoms with E-state index in [9.17, 15) is 14.7 Å². The molecule has 1 atom stereocenters. The molecule has 3 aromatic rings. The molecule has 0 aromatic heterocycles. The van der Waals surface area contributed by atoms with Crippen LogP contribution in [0, 0.1) is 13.8 Å². The number of rotatable bonds is 4. The molecule has 0 bridgehead atoms. The Hall–Kier alpha value is -3.57. The molecule has 0 aliphatic carbocycles. The molecule has 162 valence electrons. The number of carbonyl (C=O) groups excluding carboxylic acids is 2. The highest BCUT2D eigenvalue weighted by molar-refractivity contribution is 6.52. The summed E-state index contributed by atoms with van der Waals surface area (Å²) in [5.41, 5.74) is 3.33. The second-order valence-electron chi connectivity index (χ2n) is 7.72. The Morgan fingerprint density at radius 2 is 1.72 bits per heavy atom. The van der Waals surface area contributed by atoms with E-state index in [1.54, 1.807) is 18.2 Å². The van der Waals surface area contributed by atoms with Crippen molar-refractivity contribution >= 4 is 34.7 Å². The summed E-state index contributed by atoms with van der Waals surface area (Å²) in [5.74, 6) is -1.34. The number of hydrogen-bond donors (Lipinski definition) is 1. The van der Waals surface area contributed by atoms with Crippen LogP contribution in [0.1, 0.15) is 28.3 Å². The number of aryl methyl sites for hydroxylation is 2. The Morgan fingerprint density at radius 3 is 2.41 bits per heavy atom. The van der Waals surface area contributed by atoms with E-state index in [1.807, 2.05) is 62.4 Å². The number of Topliss-reactive ketones (excluding diaryl/α,β-unsaturated/α-hetero) is 1. The van der Waals surface area contributed by atoms with Gasteiger partial charge < -0.3 is 9.84 Å². The van der Waals surface area contributed by atoms with Gasteiger partial charge in [-0.25, -0.2) is 0 Å². The van der Waals surface area contributed by atoms with Crippen molar-refractivity contribution in [3.05, 3.63) is 99.6 Å². The minimum atomic E-state index is -0.807. The first-order valence-corrected chi connectivity index (χ1v) is 10.5. The van der Waals surface area contributed by atoms with E-state index < -0.39 is 17.7 Å². The number of ether oxygens (including phenoxy) is 1. The highest BCUT2D eigenvalue weighted by Crippen LogP contribution is 2.44. The second kappa shape index (κ2) is 8.52. The van der Waals surface area contributed by atoms with Crippen LogP contribution >= 0.6 is 11.6 Å². The van der Waals surface area contributed by atoms with Crippen LogP contribution in [0.5, 0.6) is 5.75 Å². The number of benzene rings is 3. The van der Waals surface area contributed by atoms with E-state index >= 15 is 0 Å². The normalized spacial score (nSPS) is 17.6. The maximum absolute atomic E-state index is 13.3. The van der Waals surface area contributed by atoms with Crippen molar-refractivity contribution in [2.24, 2.45) is 0 Å². The Labute approximate surface area is 191 Å². The van der Waals surface area contributed by atoms with Gasteiger partial charge in [-0.3, -0.25) is 14.5 Å². The largest absolute Gasteiger partial charge is 0.507 e. The maximum atomic E-state index is 13.3. The Kier molecular flexibility index (Phi) is 5.76. The van der Waals surface area contributed by atoms with E-state index in [0.717, 1.165) is 11.1 Å². The number of anilines is 1. The molecule has 0 saturated carbocycles. The molecular weight excluding hydrogens is 426 g/mol. The lowest BCUT2D eigenvalue weighted by molar-refractivity contribution is -0.132. The quantitative estimate of drug-likeness (QED) is 0.321. The van der Waals surface area contributed by atoms with Crippen molar-refractivity contribution in [2.75, 3.05) is 12.0 Å². The number of aliphatic hydroxyl groups excluding tert-OH is 1. The average Bonchev–Trinajstić information content (AvgIpc) is 3.06. The van der Waals surface area contributed by atoms with Crippen molar-refractivity contribution in [1.29, 1.82) is 0 Å². The van der Waals surface area contributed by atoms with E-state index in [-0.39, 0.29) is 21.9 Å². The summed E-state index contributed by atoms with van der Waals surface area (Å²) in [5, 5.41) is 11.5. The number of nitrogens with zero attached hydrogens (tertiary/aromatic N) is 1. The molecule has 5 nitrogen and oxygen atoms in total. The van der Waals surface area contributed by atoms with Crippen LogP contribution in [-0.4, -0.2) is 23.9 Å². The molecule has 1 unspecified atom stereocenters. The van der Waals surface area contributed by atoms with Gasteiger partial charge >= 0.3 is 0 Å². The predicted molar refractivity (Wildman–Crippen MR) is 125 cm³/mol. The number of ketones is 1. The fourth-order valence-corrected chi connectivity index (χ4v) is 4.18. The molecule has 0 spiro atoms. The van der Waals surface area contributed by atoms with Gasteiger partial charge in [-0.15, -0.1) is 0 Å². The first-order chi connectivity index (χ1) is 15.3. The minimum Gasteiger partial charge on any atom is -0.507 e. The summed E-state index contributed by atoms with van der Waals surface area (Å²) in [7, 11) is 1.50. The lowest BCUT2D eigenvalue weighted by Crippen LogP contribution is -2.30. The van der Waals surface area contributed by atoms with Crippen LogP contribution in [0.4, 0.5) is 5.69 Å². The molecule has 3 aromatic carbocycles. The summed E-state index contributed by atoms with van der Waals surface area (Å²) >= 11 is 6.34. The molecular formula is C26H22ClNO4. The minimum absolute atomic E-state index is 0.0164. The van der Waals surface area contributed by atoms with E-state index in [0.29, 0.717) is 17.0 Å². The molecule has 1 heterocycles. The molecule has 4 rings (SSSR count). The van der Waals surface area contributed by atoms with Gasteiger partial charge in [0.15, 0.2) is 0 Å². The maximum Gasteiger partial charge on any atom is 0.300 e. The molecule has 1 fully saturated rings. The second-order valence-corrected chi connectivity index (χ2v) is 8.12. The third-order valence-electron chi connectivity index (χ3n) is 5.61. The first-order valence-electron chi connectivity index (χ1n) is 10.1. The third kappa shape index (κ3) is 3.65. The summed E-state index contributed by atoms with van der Waals surface area (Å²) in [6, 6.07) is 18.9. The highest BCUT2D eigenvalue weighted by Gasteiger charge is 2.47. The lowest BCUT2D eigenvalue weighted by atomic mass is 9.94. The molecule has 32 heavy (non-hydrogen) atoms. The van der Waals surface area contributed by atoms with Gasteiger partial charge in [0.2, 0.25) is 0 Å². The first kappa shape index (κ1) is 21.7. The number of hydrogen-bond acceptors (Lipinski definition) is 4. The number of carbonyl (C=O) groups is 2. The summed E-state index contributed by atoms with van der Waals surface area (Å²) in [6.07, 6.45) is 0. The smallest absolute Gasteiger partial charge is 0.300 e. The van der Waals surface area contributed by atoms with E-state index in [4.69, 9.17) is 16.3 Å². The Balaban J connectivity index is 2.00. The zero-order valence-corrected chi connectivity index (χ0v) is 18.7. The molecule has 1 saturated heterocycles. The van der Waals surface area contributed by atoms with Crippen molar-refractivity contribution in [1.82, 2.24) is 0 Å². The highest BCUT2D eigenvalue weighted by atomic mass is 35.5. The summed E-state index contributed by atoms with van der Waals surface area (Å²) in [6.45, 7) is 3.81. The van der Waals surface area contributed by atoms with Crippen molar-refractivity contribution in [2.45, 2.75) is 19.9 Å². The van der Waals surface area contributed by atoms with Crippen LogP contribution in [0.15, 0.2) is 72.3 Å². The fourth-order valence-electron chi connectivity index (χ4n) is 3.97. The van der Waals surface area contributed by atoms with Gasteiger partial charge in [0, 0.05) is 11.3 Å². The van der Waals surface area contributed by atoms with Gasteiger partial charge in [0.1, 0.15) is 11.5 Å². The molecule has 1 aliphatic rings. The summed E-state index contributed by atoms with van der Waals surface area (Å²) < 4.78 is 5.25. The van der Waals surface area contributed by atoms with Crippen LogP contribution in [0.2, 0.25) is 5.02 Å². The Bertz CT molecular complexity index is 1250. The zero-order valence-electron chi connectivity index (χ0n) is 17.9. The summed E-state index contributed by atoms with van der Waals surface area (Å²) in [4.78, 5) is 28.0. The molecule has 6 heteroatoms. The van der Waals surface area contributed by atoms with Crippen molar-refractivity contribution < 1.29 is 19.4 Å². The van der Waals surface area contributed by atoms with Gasteiger partial charge in [0.25, 0.3) is 11.7 Å². The monoisotopic (exact) mass is 447 g/mol. The molecule has 1 N–H and O–H groups in total. The van der Waals surface area contributed by atoms with Gasteiger partial charge in [-0.05, 0) is 54.8 Å². The van der Waals surface area contributed by atoms with Gasteiger partial charge in [-0.1, -0.05) is 54.1 Å². The van der Waals surface area contributed by atoms with Gasteiger partial charge in [-0.2, -0.15) is 0 Å². The lowest BCUT2D eigenvalue weighted by Gasteiger charge is -2.27. The number of methoxy groups -OCH3 is 1. The standard InChI is InChI=1S/C26H22ClNO4/c1-15-9-10-16(2)21(13-15)28-23(17-7-5-4-6-8-17)22(25(30)26(28)31)24(29)19-14-18(32-3)11-12-20(19)27/h4-14,23,29H,1-3H3/b24-22+. The van der Waals surface area contributed by atoms with Crippen molar-refractivity contribution in [3.8, 4) is 5.75 Å². The van der Waals surface area contributed by atoms with E-state index in [2.05, 4.69) is 0 Å². The number of amides is 1. The van der Waals surface area contributed by atoms with E-state index in [1.165, 1.54) is 12.0 Å². The zero-order chi connectivity index (χ0) is 23.0. The predicted octanol–water partition coefficient (Wildman–Crippen LogP) is 5.59. The molecule has 1 amide bonds. The van der Waals surface area contributed by atoms with Crippen LogP contribution in [0.25, 0.3) is 5.76 Å². The van der Waals surface area contributed by atoms with Gasteiger partial charge in [0.05, 0.1) is 23.7 Å². The molecule has 1 aliphatic heterocycles. The molecule has 0 radical (unpaired) electrons. The number of halogens is 1. The number of aliphatic hydroxyl groups is 1. The SMILES string of the molecule is COc1ccc(Cl)c(/C(O)=C2\C(=O)C(=O)N(c3cc(C)ccc3C)C2c2ccccc2)c1. The third-order valence-corrected chi connectivity index (χ3v) is 5.94. The van der Waals surface area contributed by atoms with Crippen molar-refractivity contribution in [3.63, 3.8) is 0 Å². The van der Waals surface area contributed by atoms with Crippen LogP contribution < -0.4 is 9.64 Å². The Morgan fingerprint density at radius 1 is 1.00 bits per heavy atom. The topological polar surface area (TPSA) is 66.8 Å². The van der Waals surface area contributed by atoms with Crippen LogP contribution in [-0.2, 0) is 9.59 Å². The average molecular weight is 448 g/mol. The van der Waals surface area contributed by atoms with Crippen LogP contribution in [0.3, 0.4) is 0 Å².